The Bertz CT molecular complexity index is 548. The lowest BCUT2D eigenvalue weighted by molar-refractivity contribution is 0.168. The Morgan fingerprint density at radius 3 is 2.50 bits per heavy atom. The number of halogens is 3. The van der Waals surface area contributed by atoms with Gasteiger partial charge in [0, 0.05) is 24.1 Å². The molecule has 0 spiro atoms. The first kappa shape index (κ1) is 13.2. The summed E-state index contributed by atoms with van der Waals surface area (Å²) in [5, 5.41) is 13.8. The highest BCUT2D eigenvalue weighted by atomic mass is 79.9. The smallest absolute Gasteiger partial charge is 0.133 e. The lowest BCUT2D eigenvalue weighted by Gasteiger charge is -2.12. The first-order chi connectivity index (χ1) is 8.47. The standard InChI is InChI=1S/C12H11BrF2N2O/c1-17-6-7(5-16-17)2-11(18)12-9(14)3-8(13)4-10(12)15/h3-6,11,18H,2H2,1H3. The summed E-state index contributed by atoms with van der Waals surface area (Å²) >= 11 is 2.99. The number of hydrogen-bond acceptors (Lipinski definition) is 2. The van der Waals surface area contributed by atoms with Crippen molar-refractivity contribution in [2.24, 2.45) is 7.05 Å². The molecule has 1 aromatic carbocycles. The number of aromatic nitrogens is 2. The maximum Gasteiger partial charge on any atom is 0.133 e. The van der Waals surface area contributed by atoms with Gasteiger partial charge in [-0.3, -0.25) is 4.68 Å². The molecule has 2 rings (SSSR count). The zero-order chi connectivity index (χ0) is 13.3. The molecule has 0 amide bonds. The Hall–Kier alpha value is -1.27. The van der Waals surface area contributed by atoms with Crippen molar-refractivity contribution in [1.82, 2.24) is 9.78 Å². The van der Waals surface area contributed by atoms with E-state index in [1.165, 1.54) is 0 Å². The molecule has 0 fully saturated rings. The zero-order valence-electron chi connectivity index (χ0n) is 9.57. The highest BCUT2D eigenvalue weighted by Crippen LogP contribution is 2.26. The molecular formula is C12H11BrF2N2O. The summed E-state index contributed by atoms with van der Waals surface area (Å²) in [7, 11) is 1.73. The van der Waals surface area contributed by atoms with Gasteiger partial charge in [0.05, 0.1) is 17.9 Å². The fourth-order valence-corrected chi connectivity index (χ4v) is 2.18. The molecule has 96 valence electrons. The molecule has 0 aliphatic heterocycles. The molecule has 18 heavy (non-hydrogen) atoms. The largest absolute Gasteiger partial charge is 0.388 e. The van der Waals surface area contributed by atoms with Gasteiger partial charge in [-0.05, 0) is 17.7 Å². The Morgan fingerprint density at radius 2 is 2.00 bits per heavy atom. The molecule has 0 aliphatic carbocycles. The van der Waals surface area contributed by atoms with Crippen LogP contribution in [0, 0.1) is 11.6 Å². The average molecular weight is 317 g/mol. The van der Waals surface area contributed by atoms with Gasteiger partial charge >= 0.3 is 0 Å². The van der Waals surface area contributed by atoms with Crippen molar-refractivity contribution in [3.05, 3.63) is 51.8 Å². The zero-order valence-corrected chi connectivity index (χ0v) is 11.2. The second kappa shape index (κ2) is 5.16. The topological polar surface area (TPSA) is 38.0 Å². The number of aryl methyl sites for hydroxylation is 1. The third-order valence-electron chi connectivity index (χ3n) is 2.56. The van der Waals surface area contributed by atoms with Crippen LogP contribution in [0.3, 0.4) is 0 Å². The highest BCUT2D eigenvalue weighted by Gasteiger charge is 2.19. The van der Waals surface area contributed by atoms with E-state index in [9.17, 15) is 13.9 Å². The molecule has 1 N–H and O–H groups in total. The number of nitrogens with zero attached hydrogens (tertiary/aromatic N) is 2. The molecule has 0 bridgehead atoms. The minimum absolute atomic E-state index is 0.114. The van der Waals surface area contributed by atoms with Crippen LogP contribution in [0.1, 0.15) is 17.2 Å². The minimum atomic E-state index is -1.23. The van der Waals surface area contributed by atoms with Crippen molar-refractivity contribution < 1.29 is 13.9 Å². The van der Waals surface area contributed by atoms with E-state index in [1.54, 1.807) is 24.1 Å². The van der Waals surface area contributed by atoms with Gasteiger partial charge in [0.2, 0.25) is 0 Å². The van der Waals surface area contributed by atoms with Crippen molar-refractivity contribution in [1.29, 1.82) is 0 Å². The van der Waals surface area contributed by atoms with Crippen molar-refractivity contribution in [3.63, 3.8) is 0 Å². The van der Waals surface area contributed by atoms with Crippen LogP contribution in [-0.4, -0.2) is 14.9 Å². The van der Waals surface area contributed by atoms with Gasteiger partial charge in [-0.15, -0.1) is 0 Å². The normalized spacial score (nSPS) is 12.7. The fourth-order valence-electron chi connectivity index (χ4n) is 1.77. The van der Waals surface area contributed by atoms with Gasteiger partial charge in [-0.2, -0.15) is 5.10 Å². The summed E-state index contributed by atoms with van der Waals surface area (Å²) in [5.74, 6) is -1.53. The van der Waals surface area contributed by atoms with E-state index in [0.717, 1.165) is 12.1 Å². The number of rotatable bonds is 3. The Morgan fingerprint density at radius 1 is 1.39 bits per heavy atom. The van der Waals surface area contributed by atoms with Crippen LogP contribution >= 0.6 is 15.9 Å². The van der Waals surface area contributed by atoms with Crippen LogP contribution < -0.4 is 0 Å². The Kier molecular flexibility index (Phi) is 3.77. The fraction of sp³-hybridized carbons (Fsp3) is 0.250. The third kappa shape index (κ3) is 2.76. The molecule has 3 nitrogen and oxygen atoms in total. The van der Waals surface area contributed by atoms with Crippen molar-refractivity contribution in [2.45, 2.75) is 12.5 Å². The minimum Gasteiger partial charge on any atom is -0.388 e. The van der Waals surface area contributed by atoms with Gasteiger partial charge in [0.1, 0.15) is 11.6 Å². The molecule has 1 aromatic heterocycles. The molecule has 0 radical (unpaired) electrons. The van der Waals surface area contributed by atoms with Crippen molar-refractivity contribution in [2.75, 3.05) is 0 Å². The monoisotopic (exact) mass is 316 g/mol. The molecular weight excluding hydrogens is 306 g/mol. The van der Waals surface area contributed by atoms with Crippen LogP contribution in [0.25, 0.3) is 0 Å². The van der Waals surface area contributed by atoms with Gasteiger partial charge in [-0.25, -0.2) is 8.78 Å². The summed E-state index contributed by atoms with van der Waals surface area (Å²) in [6, 6.07) is 2.26. The molecule has 1 heterocycles. The predicted octanol–water partition coefficient (Wildman–Crippen LogP) is 2.74. The van der Waals surface area contributed by atoms with E-state index in [-0.39, 0.29) is 12.0 Å². The van der Waals surface area contributed by atoms with E-state index in [1.807, 2.05) is 0 Å². The van der Waals surface area contributed by atoms with E-state index in [0.29, 0.717) is 10.0 Å². The molecule has 2 aromatic rings. The number of hydrogen-bond donors (Lipinski definition) is 1. The van der Waals surface area contributed by atoms with Crippen LogP contribution in [-0.2, 0) is 13.5 Å². The van der Waals surface area contributed by atoms with Crippen molar-refractivity contribution >= 4 is 15.9 Å². The molecule has 0 saturated heterocycles. The first-order valence-electron chi connectivity index (χ1n) is 5.27. The second-order valence-electron chi connectivity index (χ2n) is 4.03. The number of benzene rings is 1. The van der Waals surface area contributed by atoms with Crippen molar-refractivity contribution in [3.8, 4) is 0 Å². The van der Waals surface area contributed by atoms with Crippen LogP contribution in [0.15, 0.2) is 29.0 Å². The van der Waals surface area contributed by atoms with Gasteiger partial charge < -0.3 is 5.11 Å². The van der Waals surface area contributed by atoms with Crippen LogP contribution in [0.5, 0.6) is 0 Å². The highest BCUT2D eigenvalue weighted by molar-refractivity contribution is 9.10. The Balaban J connectivity index is 2.26. The maximum atomic E-state index is 13.6. The molecule has 0 aliphatic rings. The molecule has 1 unspecified atom stereocenters. The summed E-state index contributed by atoms with van der Waals surface area (Å²) in [6.45, 7) is 0. The number of aliphatic hydroxyl groups is 1. The predicted molar refractivity (Wildman–Crippen MR) is 65.9 cm³/mol. The molecule has 1 atom stereocenters. The van der Waals surface area contributed by atoms with E-state index >= 15 is 0 Å². The maximum absolute atomic E-state index is 13.6. The Labute approximate surface area is 111 Å². The first-order valence-corrected chi connectivity index (χ1v) is 6.06. The van der Waals surface area contributed by atoms with Gasteiger partial charge in [-0.1, -0.05) is 15.9 Å². The molecule has 0 saturated carbocycles. The van der Waals surface area contributed by atoms with Crippen LogP contribution in [0.2, 0.25) is 0 Å². The van der Waals surface area contributed by atoms with E-state index in [4.69, 9.17) is 0 Å². The van der Waals surface area contributed by atoms with Crippen LogP contribution in [0.4, 0.5) is 8.78 Å². The van der Waals surface area contributed by atoms with E-state index in [2.05, 4.69) is 21.0 Å². The van der Waals surface area contributed by atoms with Gasteiger partial charge in [0.25, 0.3) is 0 Å². The summed E-state index contributed by atoms with van der Waals surface area (Å²) in [5.41, 5.74) is 0.397. The summed E-state index contributed by atoms with van der Waals surface area (Å²) in [4.78, 5) is 0. The summed E-state index contributed by atoms with van der Waals surface area (Å²) < 4.78 is 29.1. The van der Waals surface area contributed by atoms with Gasteiger partial charge in [0.15, 0.2) is 0 Å². The second-order valence-corrected chi connectivity index (χ2v) is 4.94. The lowest BCUT2D eigenvalue weighted by Crippen LogP contribution is -2.07. The summed E-state index contributed by atoms with van der Waals surface area (Å²) in [6.07, 6.45) is 2.13. The SMILES string of the molecule is Cn1cc(CC(O)c2c(F)cc(Br)cc2F)cn1. The molecule has 6 heteroatoms. The lowest BCUT2D eigenvalue weighted by atomic mass is 10.0. The quantitative estimate of drug-likeness (QED) is 0.945. The number of aliphatic hydroxyl groups excluding tert-OH is 1. The average Bonchev–Trinajstić information content (AvgIpc) is 2.62. The van der Waals surface area contributed by atoms with E-state index < -0.39 is 17.7 Å². The third-order valence-corrected chi connectivity index (χ3v) is 3.02.